The third-order valence-corrected chi connectivity index (χ3v) is 3.35. The molecule has 1 aliphatic rings. The summed E-state index contributed by atoms with van der Waals surface area (Å²) in [6, 6.07) is 5.17. The van der Waals surface area contributed by atoms with Crippen molar-refractivity contribution in [1.29, 1.82) is 0 Å². The van der Waals surface area contributed by atoms with Gasteiger partial charge in [-0.15, -0.1) is 0 Å². The summed E-state index contributed by atoms with van der Waals surface area (Å²) in [6.07, 6.45) is 4.87. The van der Waals surface area contributed by atoms with Crippen LogP contribution in [-0.2, 0) is 0 Å². The molecule has 110 valence electrons. The smallest absolute Gasteiger partial charge is 0.333 e. The van der Waals surface area contributed by atoms with E-state index < -0.39 is 0 Å². The van der Waals surface area contributed by atoms with Crippen LogP contribution in [0.5, 0.6) is 5.75 Å². The maximum atomic E-state index is 11.3. The van der Waals surface area contributed by atoms with Crippen molar-refractivity contribution in [2.24, 2.45) is 5.92 Å². The highest BCUT2D eigenvalue weighted by Crippen LogP contribution is 2.36. The van der Waals surface area contributed by atoms with E-state index in [-0.39, 0.29) is 16.7 Å². The molecule has 1 saturated carbocycles. The predicted octanol–water partition coefficient (Wildman–Crippen LogP) is 3.98. The highest BCUT2D eigenvalue weighted by Gasteiger charge is 2.22. The number of nitrogens with zero attached hydrogens (tertiary/aromatic N) is 1. The highest BCUT2D eigenvalue weighted by molar-refractivity contribution is 5.68. The van der Waals surface area contributed by atoms with Gasteiger partial charge in [0.1, 0.15) is 5.69 Å². The van der Waals surface area contributed by atoms with Crippen LogP contribution in [0.4, 0.5) is 11.4 Å². The van der Waals surface area contributed by atoms with E-state index in [0.717, 1.165) is 18.9 Å². The molecule has 5 heteroatoms. The molecule has 0 radical (unpaired) electrons. The molecule has 1 aliphatic carbocycles. The second-order valence-corrected chi connectivity index (χ2v) is 5.59. The molecule has 1 N–H and O–H groups in total. The number of anilines is 1. The van der Waals surface area contributed by atoms with Gasteiger partial charge in [-0.25, -0.2) is 0 Å². The summed E-state index contributed by atoms with van der Waals surface area (Å²) >= 11 is 0. The van der Waals surface area contributed by atoms with E-state index in [2.05, 4.69) is 5.32 Å². The van der Waals surface area contributed by atoms with Crippen LogP contribution in [0.3, 0.4) is 0 Å². The van der Waals surface area contributed by atoms with Crippen molar-refractivity contribution < 1.29 is 9.66 Å². The molecule has 1 fully saturated rings. The van der Waals surface area contributed by atoms with Gasteiger partial charge in [0.2, 0.25) is 0 Å². The van der Waals surface area contributed by atoms with E-state index in [1.165, 1.54) is 19.3 Å². The average Bonchev–Trinajstić information content (AvgIpc) is 3.17. The zero-order chi connectivity index (χ0) is 14.5. The topological polar surface area (TPSA) is 64.4 Å². The van der Waals surface area contributed by atoms with Crippen molar-refractivity contribution in [2.75, 3.05) is 11.9 Å². The number of hydrogen-bond acceptors (Lipinski definition) is 4. The number of ether oxygens (including phenoxy) is 1. The molecular formula is C15H22N2O3. The van der Waals surface area contributed by atoms with Gasteiger partial charge in [-0.05, 0) is 44.7 Å². The first-order chi connectivity index (χ1) is 9.58. The summed E-state index contributed by atoms with van der Waals surface area (Å²) in [4.78, 5) is 10.9. The molecule has 1 aromatic carbocycles. The highest BCUT2D eigenvalue weighted by atomic mass is 16.6. The fourth-order valence-electron chi connectivity index (χ4n) is 2.22. The largest absolute Gasteiger partial charge is 0.484 e. The Labute approximate surface area is 119 Å². The lowest BCUT2D eigenvalue weighted by atomic mass is 10.2. The zero-order valence-corrected chi connectivity index (χ0v) is 12.1. The third kappa shape index (κ3) is 4.11. The maximum Gasteiger partial charge on any atom is 0.333 e. The summed E-state index contributed by atoms with van der Waals surface area (Å²) in [5.41, 5.74) is 0.580. The Kier molecular flexibility index (Phi) is 4.82. The van der Waals surface area contributed by atoms with Crippen LogP contribution in [0.2, 0.25) is 0 Å². The van der Waals surface area contributed by atoms with Crippen LogP contribution in [0, 0.1) is 16.0 Å². The van der Waals surface area contributed by atoms with Gasteiger partial charge in [-0.3, -0.25) is 10.1 Å². The first-order valence-electron chi connectivity index (χ1n) is 7.26. The number of para-hydroxylation sites is 1. The maximum absolute atomic E-state index is 11.3. The van der Waals surface area contributed by atoms with Crippen molar-refractivity contribution in [3.8, 4) is 5.75 Å². The van der Waals surface area contributed by atoms with Crippen LogP contribution < -0.4 is 10.1 Å². The Balaban J connectivity index is 2.03. The first kappa shape index (κ1) is 14.6. The number of nitro groups is 1. The molecule has 1 aromatic rings. The molecule has 0 unspecified atom stereocenters. The van der Waals surface area contributed by atoms with E-state index >= 15 is 0 Å². The number of nitrogens with one attached hydrogen (secondary N) is 1. The van der Waals surface area contributed by atoms with Gasteiger partial charge in [-0.1, -0.05) is 18.9 Å². The monoisotopic (exact) mass is 278 g/mol. The summed E-state index contributed by atoms with van der Waals surface area (Å²) in [6.45, 7) is 4.49. The molecule has 2 rings (SSSR count). The fourth-order valence-corrected chi connectivity index (χ4v) is 2.22. The molecule has 0 spiro atoms. The molecule has 0 aliphatic heterocycles. The second-order valence-electron chi connectivity index (χ2n) is 5.59. The second kappa shape index (κ2) is 6.59. The van der Waals surface area contributed by atoms with Gasteiger partial charge < -0.3 is 10.1 Å². The molecule has 0 amide bonds. The quantitative estimate of drug-likeness (QED) is 0.443. The molecule has 0 heterocycles. The van der Waals surface area contributed by atoms with Crippen LogP contribution in [0.15, 0.2) is 18.2 Å². The Morgan fingerprint density at radius 3 is 2.80 bits per heavy atom. The van der Waals surface area contributed by atoms with E-state index in [0.29, 0.717) is 11.4 Å². The van der Waals surface area contributed by atoms with E-state index in [9.17, 15) is 10.1 Å². The Bertz CT molecular complexity index is 470. The normalized spacial score (nSPS) is 14.3. The fraction of sp³-hybridized carbons (Fsp3) is 0.600. The Hall–Kier alpha value is -1.78. The van der Waals surface area contributed by atoms with Crippen molar-refractivity contribution in [2.45, 2.75) is 45.6 Å². The van der Waals surface area contributed by atoms with Crippen LogP contribution >= 0.6 is 0 Å². The van der Waals surface area contributed by atoms with Gasteiger partial charge in [0.05, 0.1) is 11.0 Å². The van der Waals surface area contributed by atoms with Crippen molar-refractivity contribution in [1.82, 2.24) is 0 Å². The Morgan fingerprint density at radius 1 is 1.45 bits per heavy atom. The minimum atomic E-state index is -0.374. The molecule has 0 bridgehead atoms. The Morgan fingerprint density at radius 2 is 2.20 bits per heavy atom. The molecule has 0 aromatic heterocycles. The van der Waals surface area contributed by atoms with Crippen LogP contribution in [0.25, 0.3) is 0 Å². The van der Waals surface area contributed by atoms with E-state index in [4.69, 9.17) is 4.74 Å². The standard InChI is InChI=1S/C15H22N2O3/c1-11(2)20-14-7-3-6-13(15(14)17(18)19)16-10-4-5-12-8-9-12/h3,6-7,11-12,16H,4-5,8-10H2,1-2H3. The lowest BCUT2D eigenvalue weighted by Gasteiger charge is -2.13. The minimum Gasteiger partial charge on any atom is -0.484 e. The third-order valence-electron chi connectivity index (χ3n) is 3.35. The first-order valence-corrected chi connectivity index (χ1v) is 7.26. The summed E-state index contributed by atoms with van der Waals surface area (Å²) in [7, 11) is 0. The van der Waals surface area contributed by atoms with Crippen molar-refractivity contribution in [3.63, 3.8) is 0 Å². The molecular weight excluding hydrogens is 256 g/mol. The zero-order valence-electron chi connectivity index (χ0n) is 12.1. The predicted molar refractivity (Wildman–Crippen MR) is 79.3 cm³/mol. The van der Waals surface area contributed by atoms with Crippen molar-refractivity contribution >= 4 is 11.4 Å². The molecule has 20 heavy (non-hydrogen) atoms. The summed E-state index contributed by atoms with van der Waals surface area (Å²) in [5.74, 6) is 1.22. The van der Waals surface area contributed by atoms with Crippen LogP contribution in [0.1, 0.15) is 39.5 Å². The van der Waals surface area contributed by atoms with Gasteiger partial charge in [-0.2, -0.15) is 0 Å². The van der Waals surface area contributed by atoms with Crippen molar-refractivity contribution in [3.05, 3.63) is 28.3 Å². The molecule has 0 saturated heterocycles. The average molecular weight is 278 g/mol. The lowest BCUT2D eigenvalue weighted by Crippen LogP contribution is -2.10. The summed E-state index contributed by atoms with van der Waals surface area (Å²) < 4.78 is 5.52. The van der Waals surface area contributed by atoms with E-state index in [1.807, 2.05) is 13.8 Å². The number of benzene rings is 1. The SMILES string of the molecule is CC(C)Oc1cccc(NCCCC2CC2)c1[N+](=O)[O-]. The number of rotatable bonds is 8. The number of hydrogen-bond donors (Lipinski definition) is 1. The van der Waals surface area contributed by atoms with E-state index in [1.54, 1.807) is 18.2 Å². The van der Waals surface area contributed by atoms with Gasteiger partial charge >= 0.3 is 5.69 Å². The molecule has 5 nitrogen and oxygen atoms in total. The minimum absolute atomic E-state index is 0.0348. The van der Waals surface area contributed by atoms with Gasteiger partial charge in [0, 0.05) is 6.54 Å². The molecule has 0 atom stereocenters. The van der Waals surface area contributed by atoms with Gasteiger partial charge in [0.15, 0.2) is 5.75 Å². The lowest BCUT2D eigenvalue weighted by molar-refractivity contribution is -0.385. The van der Waals surface area contributed by atoms with Crippen LogP contribution in [-0.4, -0.2) is 17.6 Å². The van der Waals surface area contributed by atoms with Gasteiger partial charge in [0.25, 0.3) is 0 Å². The summed E-state index contributed by atoms with van der Waals surface area (Å²) in [5, 5.41) is 14.4. The number of nitro benzene ring substituents is 1.